The maximum Gasteiger partial charge on any atom is 0.305 e. The van der Waals surface area contributed by atoms with Crippen molar-refractivity contribution in [2.75, 3.05) is 13.1 Å². The van der Waals surface area contributed by atoms with E-state index in [0.29, 0.717) is 18.7 Å². The Hall–Kier alpha value is -1.47. The van der Waals surface area contributed by atoms with E-state index in [-0.39, 0.29) is 24.9 Å². The van der Waals surface area contributed by atoms with Gasteiger partial charge < -0.3 is 15.7 Å². The Kier molecular flexibility index (Phi) is 5.91. The van der Waals surface area contributed by atoms with Crippen LogP contribution in [0.4, 0.5) is 0 Å². The first kappa shape index (κ1) is 15.6. The number of hydrogen-bond acceptors (Lipinski definition) is 5. The lowest BCUT2D eigenvalue weighted by molar-refractivity contribution is -0.137. The van der Waals surface area contributed by atoms with Crippen LogP contribution in [0.1, 0.15) is 35.8 Å². The second kappa shape index (κ2) is 7.20. The zero-order chi connectivity index (χ0) is 14.4. The average Bonchev–Trinajstić information content (AvgIpc) is 2.77. The minimum atomic E-state index is -0.916. The molecule has 1 amide bonds. The highest BCUT2D eigenvalue weighted by Gasteiger charge is 2.21. The topological polar surface area (TPSA) is 96.5 Å². The lowest BCUT2D eigenvalue weighted by Gasteiger charge is -2.25. The molecule has 0 aromatic carbocycles. The molecule has 1 aromatic rings. The number of carboxylic acids is 1. The summed E-state index contributed by atoms with van der Waals surface area (Å²) < 4.78 is 0. The second-order valence-electron chi connectivity index (χ2n) is 4.40. The fourth-order valence-electron chi connectivity index (χ4n) is 1.60. The third-order valence-electron chi connectivity index (χ3n) is 2.58. The largest absolute Gasteiger partial charge is 0.481 e. The maximum absolute atomic E-state index is 12.3. The Labute approximate surface area is 116 Å². The number of carboxylic acid groups (broad SMARTS) is 1. The SMILES string of the molecule is CC(C)N(CCC(=O)O)C(=O)c1csc(CCN)n1. The van der Waals surface area contributed by atoms with Crippen LogP contribution in [0, 0.1) is 0 Å². The zero-order valence-corrected chi connectivity index (χ0v) is 11.9. The van der Waals surface area contributed by atoms with Crippen molar-refractivity contribution < 1.29 is 14.7 Å². The molecule has 0 aliphatic rings. The molecule has 3 N–H and O–H groups in total. The lowest BCUT2D eigenvalue weighted by Crippen LogP contribution is -2.38. The quantitative estimate of drug-likeness (QED) is 0.778. The Morgan fingerprint density at radius 2 is 2.21 bits per heavy atom. The fraction of sp³-hybridized carbons (Fsp3) is 0.583. The van der Waals surface area contributed by atoms with Gasteiger partial charge in [0.1, 0.15) is 5.69 Å². The summed E-state index contributed by atoms with van der Waals surface area (Å²) in [7, 11) is 0. The highest BCUT2D eigenvalue weighted by atomic mass is 32.1. The number of thiazole rings is 1. The molecule has 0 fully saturated rings. The lowest BCUT2D eigenvalue weighted by atomic mass is 10.2. The summed E-state index contributed by atoms with van der Waals surface area (Å²) in [4.78, 5) is 28.6. The van der Waals surface area contributed by atoms with Gasteiger partial charge in [-0.25, -0.2) is 4.98 Å². The summed E-state index contributed by atoms with van der Waals surface area (Å²) in [6, 6.07) is -0.0634. The van der Waals surface area contributed by atoms with Gasteiger partial charge in [0.05, 0.1) is 11.4 Å². The molecule has 7 heteroatoms. The Bertz CT molecular complexity index is 445. The van der Waals surface area contributed by atoms with E-state index < -0.39 is 5.97 Å². The summed E-state index contributed by atoms with van der Waals surface area (Å²) >= 11 is 1.40. The molecule has 1 heterocycles. The number of nitrogens with two attached hydrogens (primary N) is 1. The van der Waals surface area contributed by atoms with E-state index in [1.165, 1.54) is 16.2 Å². The number of aliphatic carboxylic acids is 1. The van der Waals surface area contributed by atoms with Gasteiger partial charge in [-0.15, -0.1) is 11.3 Å². The van der Waals surface area contributed by atoms with Crippen LogP contribution in [-0.2, 0) is 11.2 Å². The van der Waals surface area contributed by atoms with Crippen LogP contribution < -0.4 is 5.73 Å². The van der Waals surface area contributed by atoms with Crippen molar-refractivity contribution >= 4 is 23.2 Å². The van der Waals surface area contributed by atoms with Crippen LogP contribution in [0.25, 0.3) is 0 Å². The average molecular weight is 285 g/mol. The molecule has 0 unspecified atom stereocenters. The molecule has 0 bridgehead atoms. The van der Waals surface area contributed by atoms with Gasteiger partial charge in [-0.2, -0.15) is 0 Å². The van der Waals surface area contributed by atoms with Crippen molar-refractivity contribution in [3.05, 3.63) is 16.1 Å². The van der Waals surface area contributed by atoms with E-state index in [4.69, 9.17) is 10.8 Å². The third-order valence-corrected chi connectivity index (χ3v) is 3.49. The first-order valence-corrected chi connectivity index (χ1v) is 7.01. The third kappa shape index (κ3) is 4.60. The van der Waals surface area contributed by atoms with Crippen LogP contribution in [0.2, 0.25) is 0 Å². The van der Waals surface area contributed by atoms with Crippen LogP contribution in [0.15, 0.2) is 5.38 Å². The second-order valence-corrected chi connectivity index (χ2v) is 5.34. The van der Waals surface area contributed by atoms with Crippen molar-refractivity contribution in [3.8, 4) is 0 Å². The van der Waals surface area contributed by atoms with Gasteiger partial charge in [-0.1, -0.05) is 0 Å². The number of hydrogen-bond donors (Lipinski definition) is 2. The molecule has 0 radical (unpaired) electrons. The maximum atomic E-state index is 12.3. The van der Waals surface area contributed by atoms with Gasteiger partial charge in [0.2, 0.25) is 0 Å². The molecule has 1 rings (SSSR count). The normalized spacial score (nSPS) is 10.7. The van der Waals surface area contributed by atoms with Gasteiger partial charge in [0.15, 0.2) is 0 Å². The highest BCUT2D eigenvalue weighted by Crippen LogP contribution is 2.14. The smallest absolute Gasteiger partial charge is 0.305 e. The number of aromatic nitrogens is 1. The molecule has 6 nitrogen and oxygen atoms in total. The monoisotopic (exact) mass is 285 g/mol. The molecule has 0 atom stereocenters. The summed E-state index contributed by atoms with van der Waals surface area (Å²) in [5.41, 5.74) is 5.81. The summed E-state index contributed by atoms with van der Waals surface area (Å²) in [5, 5.41) is 11.2. The number of amides is 1. The minimum Gasteiger partial charge on any atom is -0.481 e. The highest BCUT2D eigenvalue weighted by molar-refractivity contribution is 7.09. The molecule has 0 saturated heterocycles. The molecule has 0 saturated carbocycles. The van der Waals surface area contributed by atoms with Crippen molar-refractivity contribution in [1.29, 1.82) is 0 Å². The fourth-order valence-corrected chi connectivity index (χ4v) is 2.39. The Balaban J connectivity index is 2.77. The van der Waals surface area contributed by atoms with E-state index in [2.05, 4.69) is 4.98 Å². The molecular weight excluding hydrogens is 266 g/mol. The van der Waals surface area contributed by atoms with Gasteiger partial charge >= 0.3 is 5.97 Å². The predicted octanol–water partition coefficient (Wildman–Crippen LogP) is 0.970. The molecule has 1 aromatic heterocycles. The first-order chi connectivity index (χ1) is 8.95. The van der Waals surface area contributed by atoms with E-state index in [1.807, 2.05) is 13.8 Å². The summed E-state index contributed by atoms with van der Waals surface area (Å²) in [6.45, 7) is 4.39. The molecule has 19 heavy (non-hydrogen) atoms. The molecule has 0 aliphatic carbocycles. The predicted molar refractivity (Wildman–Crippen MR) is 73.3 cm³/mol. The molecule has 0 aliphatic heterocycles. The zero-order valence-electron chi connectivity index (χ0n) is 11.1. The van der Waals surface area contributed by atoms with Crippen molar-refractivity contribution in [2.24, 2.45) is 5.73 Å². The van der Waals surface area contributed by atoms with E-state index >= 15 is 0 Å². The van der Waals surface area contributed by atoms with Gasteiger partial charge in [0, 0.05) is 24.4 Å². The number of carbonyl (C=O) groups excluding carboxylic acids is 1. The summed E-state index contributed by atoms with van der Waals surface area (Å²) in [5.74, 6) is -1.14. The van der Waals surface area contributed by atoms with E-state index in [0.717, 1.165) is 5.01 Å². The van der Waals surface area contributed by atoms with Crippen molar-refractivity contribution in [2.45, 2.75) is 32.7 Å². The van der Waals surface area contributed by atoms with Crippen molar-refractivity contribution in [3.63, 3.8) is 0 Å². The van der Waals surface area contributed by atoms with Crippen LogP contribution in [-0.4, -0.2) is 46.0 Å². The summed E-state index contributed by atoms with van der Waals surface area (Å²) in [6.07, 6.45) is 0.582. The molecule has 106 valence electrons. The van der Waals surface area contributed by atoms with Gasteiger partial charge in [0.25, 0.3) is 5.91 Å². The Morgan fingerprint density at radius 3 is 2.74 bits per heavy atom. The van der Waals surface area contributed by atoms with Crippen LogP contribution >= 0.6 is 11.3 Å². The minimum absolute atomic E-state index is 0.0634. The van der Waals surface area contributed by atoms with Crippen molar-refractivity contribution in [1.82, 2.24) is 9.88 Å². The standard InChI is InChI=1S/C12H19N3O3S/c1-8(2)15(6-4-11(16)17)12(18)9-7-19-10(14-9)3-5-13/h7-8H,3-6,13H2,1-2H3,(H,16,17). The molecule has 0 spiro atoms. The molecular formula is C12H19N3O3S. The number of rotatable bonds is 7. The first-order valence-electron chi connectivity index (χ1n) is 6.13. The van der Waals surface area contributed by atoms with Crippen LogP contribution in [0.3, 0.4) is 0 Å². The van der Waals surface area contributed by atoms with Gasteiger partial charge in [-0.05, 0) is 20.4 Å². The van der Waals surface area contributed by atoms with E-state index in [9.17, 15) is 9.59 Å². The van der Waals surface area contributed by atoms with Crippen LogP contribution in [0.5, 0.6) is 0 Å². The Morgan fingerprint density at radius 1 is 1.53 bits per heavy atom. The number of carbonyl (C=O) groups is 2. The van der Waals surface area contributed by atoms with Gasteiger partial charge in [-0.3, -0.25) is 9.59 Å². The van der Waals surface area contributed by atoms with E-state index in [1.54, 1.807) is 5.38 Å². The number of nitrogens with zero attached hydrogens (tertiary/aromatic N) is 2.